The van der Waals surface area contributed by atoms with Crippen molar-refractivity contribution in [1.82, 2.24) is 0 Å². The summed E-state index contributed by atoms with van der Waals surface area (Å²) in [7, 11) is 0. The van der Waals surface area contributed by atoms with E-state index in [2.05, 4.69) is 5.32 Å². The molecular formula is C17H21NO2. The Hall–Kier alpha value is -2.00. The molecule has 0 fully saturated rings. The number of benzene rings is 2. The van der Waals surface area contributed by atoms with E-state index in [9.17, 15) is 10.2 Å². The minimum absolute atomic E-state index is 0.243. The summed E-state index contributed by atoms with van der Waals surface area (Å²) in [6.07, 6.45) is -0.107. The second-order valence-electron chi connectivity index (χ2n) is 5.01. The van der Waals surface area contributed by atoms with E-state index in [4.69, 9.17) is 0 Å². The summed E-state index contributed by atoms with van der Waals surface area (Å²) in [4.78, 5) is 0. The van der Waals surface area contributed by atoms with Crippen LogP contribution in [0.25, 0.3) is 0 Å². The summed E-state index contributed by atoms with van der Waals surface area (Å²) in [5.41, 5.74) is 3.77. The monoisotopic (exact) mass is 271 g/mol. The van der Waals surface area contributed by atoms with E-state index >= 15 is 0 Å². The molecule has 0 saturated heterocycles. The number of nitrogens with one attached hydrogen (secondary N) is 1. The molecule has 0 spiro atoms. The molecule has 0 amide bonds. The molecule has 0 heterocycles. The van der Waals surface area contributed by atoms with Gasteiger partial charge in [-0.1, -0.05) is 24.3 Å². The van der Waals surface area contributed by atoms with Crippen molar-refractivity contribution in [2.45, 2.75) is 26.4 Å². The molecule has 0 aromatic heterocycles. The Morgan fingerprint density at radius 3 is 2.60 bits per heavy atom. The van der Waals surface area contributed by atoms with Gasteiger partial charge in [0.1, 0.15) is 5.75 Å². The average Bonchev–Trinajstić information content (AvgIpc) is 2.38. The Morgan fingerprint density at radius 2 is 1.90 bits per heavy atom. The van der Waals surface area contributed by atoms with Gasteiger partial charge in [0.2, 0.25) is 0 Å². The van der Waals surface area contributed by atoms with Crippen molar-refractivity contribution in [3.05, 3.63) is 59.2 Å². The lowest BCUT2D eigenvalue weighted by Crippen LogP contribution is -2.07. The largest absolute Gasteiger partial charge is 0.508 e. The van der Waals surface area contributed by atoms with Crippen molar-refractivity contribution in [1.29, 1.82) is 0 Å². The molecule has 0 aliphatic heterocycles. The van der Waals surface area contributed by atoms with Crippen LogP contribution in [0.2, 0.25) is 0 Å². The number of para-hydroxylation sites is 1. The quantitative estimate of drug-likeness (QED) is 0.781. The molecule has 0 bridgehead atoms. The molecule has 3 N–H and O–H groups in total. The summed E-state index contributed by atoms with van der Waals surface area (Å²) in [5, 5.41) is 23.3. The number of phenolic OH excluding ortho intramolecular Hbond substituents is 1. The maximum absolute atomic E-state index is 10.4. The first-order valence-corrected chi connectivity index (χ1v) is 6.90. The first-order valence-electron chi connectivity index (χ1n) is 6.90. The molecule has 0 aliphatic rings. The highest BCUT2D eigenvalue weighted by Crippen LogP contribution is 2.27. The van der Waals surface area contributed by atoms with Gasteiger partial charge in [0, 0.05) is 24.2 Å². The minimum atomic E-state index is -0.591. The number of aliphatic hydroxyl groups is 1. The van der Waals surface area contributed by atoms with Crippen LogP contribution in [0.15, 0.2) is 42.5 Å². The van der Waals surface area contributed by atoms with E-state index < -0.39 is 6.10 Å². The fourth-order valence-corrected chi connectivity index (χ4v) is 2.43. The lowest BCUT2D eigenvalue weighted by Gasteiger charge is -2.16. The third-order valence-electron chi connectivity index (χ3n) is 3.24. The van der Waals surface area contributed by atoms with Crippen molar-refractivity contribution in [2.24, 2.45) is 0 Å². The molecule has 3 heteroatoms. The maximum atomic E-state index is 10.4. The maximum Gasteiger partial charge on any atom is 0.116 e. The summed E-state index contributed by atoms with van der Waals surface area (Å²) in [6.45, 7) is 4.78. The standard InChI is InChI=1S/C17H21NO2/c1-3-18-16-7-5-4-6-15(16)17(20)11-13-8-12(2)9-14(19)10-13/h4-10,17-20H,3,11H2,1-2H3. The van der Waals surface area contributed by atoms with Crippen LogP contribution in [-0.2, 0) is 6.42 Å². The zero-order chi connectivity index (χ0) is 14.5. The fraction of sp³-hybridized carbons (Fsp3) is 0.294. The molecule has 1 unspecified atom stereocenters. The van der Waals surface area contributed by atoms with E-state index in [-0.39, 0.29) is 5.75 Å². The molecule has 0 aliphatic carbocycles. The van der Waals surface area contributed by atoms with Gasteiger partial charge < -0.3 is 15.5 Å². The zero-order valence-electron chi connectivity index (χ0n) is 11.9. The molecule has 106 valence electrons. The lowest BCUT2D eigenvalue weighted by atomic mass is 9.98. The molecule has 2 aromatic carbocycles. The van der Waals surface area contributed by atoms with Crippen LogP contribution < -0.4 is 5.32 Å². The molecule has 2 rings (SSSR count). The van der Waals surface area contributed by atoms with Crippen LogP contribution in [0.5, 0.6) is 5.75 Å². The van der Waals surface area contributed by atoms with Gasteiger partial charge in [-0.05, 0) is 43.2 Å². The van der Waals surface area contributed by atoms with E-state index in [1.807, 2.05) is 44.2 Å². The van der Waals surface area contributed by atoms with Crippen LogP contribution in [0.1, 0.15) is 29.7 Å². The molecular weight excluding hydrogens is 250 g/mol. The summed E-state index contributed by atoms with van der Waals surface area (Å²) >= 11 is 0. The Kier molecular flexibility index (Phi) is 4.64. The highest BCUT2D eigenvalue weighted by molar-refractivity contribution is 5.52. The van der Waals surface area contributed by atoms with Gasteiger partial charge in [-0.15, -0.1) is 0 Å². The Balaban J connectivity index is 2.21. The number of hydrogen-bond donors (Lipinski definition) is 3. The van der Waals surface area contributed by atoms with Gasteiger partial charge in [0.25, 0.3) is 0 Å². The van der Waals surface area contributed by atoms with Crippen LogP contribution in [0.3, 0.4) is 0 Å². The van der Waals surface area contributed by atoms with Gasteiger partial charge >= 0.3 is 0 Å². The molecule has 2 aromatic rings. The Bertz CT molecular complexity index is 561. The molecule has 0 radical (unpaired) electrons. The summed E-state index contributed by atoms with van der Waals surface area (Å²) in [5.74, 6) is 0.243. The van der Waals surface area contributed by atoms with Gasteiger partial charge in [0.15, 0.2) is 0 Å². The third kappa shape index (κ3) is 3.52. The van der Waals surface area contributed by atoms with E-state index in [0.717, 1.165) is 28.9 Å². The van der Waals surface area contributed by atoms with Crippen molar-refractivity contribution >= 4 is 5.69 Å². The van der Waals surface area contributed by atoms with Crippen molar-refractivity contribution < 1.29 is 10.2 Å². The number of hydrogen-bond acceptors (Lipinski definition) is 3. The molecule has 1 atom stereocenters. The first-order chi connectivity index (χ1) is 9.60. The highest BCUT2D eigenvalue weighted by Gasteiger charge is 2.13. The number of aliphatic hydroxyl groups excluding tert-OH is 1. The topological polar surface area (TPSA) is 52.5 Å². The number of rotatable bonds is 5. The van der Waals surface area contributed by atoms with E-state index in [1.54, 1.807) is 12.1 Å². The summed E-state index contributed by atoms with van der Waals surface area (Å²) in [6, 6.07) is 13.2. The van der Waals surface area contributed by atoms with Gasteiger partial charge in [-0.25, -0.2) is 0 Å². The Morgan fingerprint density at radius 1 is 1.15 bits per heavy atom. The van der Waals surface area contributed by atoms with Crippen molar-refractivity contribution in [3.63, 3.8) is 0 Å². The number of phenols is 1. The molecule has 20 heavy (non-hydrogen) atoms. The minimum Gasteiger partial charge on any atom is -0.508 e. The number of aryl methyl sites for hydroxylation is 1. The zero-order valence-corrected chi connectivity index (χ0v) is 11.9. The van der Waals surface area contributed by atoms with Crippen molar-refractivity contribution in [3.8, 4) is 5.75 Å². The van der Waals surface area contributed by atoms with Gasteiger partial charge in [-0.2, -0.15) is 0 Å². The van der Waals surface area contributed by atoms with Crippen LogP contribution >= 0.6 is 0 Å². The lowest BCUT2D eigenvalue weighted by molar-refractivity contribution is 0.179. The van der Waals surface area contributed by atoms with Crippen LogP contribution in [-0.4, -0.2) is 16.8 Å². The van der Waals surface area contributed by atoms with E-state index in [0.29, 0.717) is 6.42 Å². The average molecular weight is 271 g/mol. The SMILES string of the molecule is CCNc1ccccc1C(O)Cc1cc(C)cc(O)c1. The smallest absolute Gasteiger partial charge is 0.116 e. The second kappa shape index (κ2) is 6.44. The predicted molar refractivity (Wildman–Crippen MR) is 82.1 cm³/mol. The fourth-order valence-electron chi connectivity index (χ4n) is 2.43. The van der Waals surface area contributed by atoms with Crippen molar-refractivity contribution in [2.75, 3.05) is 11.9 Å². The van der Waals surface area contributed by atoms with Crippen LogP contribution in [0.4, 0.5) is 5.69 Å². The van der Waals surface area contributed by atoms with Gasteiger partial charge in [-0.3, -0.25) is 0 Å². The molecule has 3 nitrogen and oxygen atoms in total. The predicted octanol–water partition coefficient (Wildman–Crippen LogP) is 3.41. The molecule has 0 saturated carbocycles. The number of anilines is 1. The first kappa shape index (κ1) is 14.4. The van der Waals surface area contributed by atoms with Gasteiger partial charge in [0.05, 0.1) is 6.10 Å². The van der Waals surface area contributed by atoms with Crippen LogP contribution in [0, 0.1) is 6.92 Å². The third-order valence-corrected chi connectivity index (χ3v) is 3.24. The number of aromatic hydroxyl groups is 1. The summed E-state index contributed by atoms with van der Waals surface area (Å²) < 4.78 is 0. The Labute approximate surface area is 119 Å². The highest BCUT2D eigenvalue weighted by atomic mass is 16.3. The van der Waals surface area contributed by atoms with E-state index in [1.165, 1.54) is 0 Å². The normalized spacial score (nSPS) is 12.2. The second-order valence-corrected chi connectivity index (χ2v) is 5.01.